The third kappa shape index (κ3) is 2.16. The van der Waals surface area contributed by atoms with Gasteiger partial charge in [0.1, 0.15) is 4.99 Å². The zero-order valence-corrected chi connectivity index (χ0v) is 10.7. The van der Waals surface area contributed by atoms with Gasteiger partial charge < -0.3 is 11.1 Å². The van der Waals surface area contributed by atoms with Crippen LogP contribution in [0.4, 0.5) is 5.69 Å². The first-order chi connectivity index (χ1) is 7.49. The summed E-state index contributed by atoms with van der Waals surface area (Å²) in [6.07, 6.45) is 1.22. The van der Waals surface area contributed by atoms with E-state index in [1.807, 2.05) is 19.9 Å². The van der Waals surface area contributed by atoms with Gasteiger partial charge in [-0.25, -0.2) is 0 Å². The lowest BCUT2D eigenvalue weighted by molar-refractivity contribution is 0.927. The molecule has 0 radical (unpaired) electrons. The SMILES string of the molecule is Cc1cc(NC2CC2C)c(C(N)=S)c(C)n1. The number of nitrogens with two attached hydrogens (primary N) is 1. The maximum absolute atomic E-state index is 5.75. The predicted octanol–water partition coefficient (Wildman–Crippen LogP) is 2.15. The second-order valence-electron chi connectivity index (χ2n) is 4.60. The molecule has 0 saturated heterocycles. The highest BCUT2D eigenvalue weighted by Gasteiger charge is 2.33. The van der Waals surface area contributed by atoms with Gasteiger partial charge in [0.25, 0.3) is 0 Å². The minimum atomic E-state index is 0.417. The monoisotopic (exact) mass is 235 g/mol. The third-order valence-electron chi connectivity index (χ3n) is 3.03. The number of pyridine rings is 1. The van der Waals surface area contributed by atoms with E-state index in [9.17, 15) is 0 Å². The number of aromatic nitrogens is 1. The van der Waals surface area contributed by atoms with Gasteiger partial charge in [0, 0.05) is 23.1 Å². The number of thiocarbonyl (C=S) groups is 1. The minimum absolute atomic E-state index is 0.417. The highest BCUT2D eigenvalue weighted by Crippen LogP contribution is 2.34. The lowest BCUT2D eigenvalue weighted by Gasteiger charge is -2.14. The highest BCUT2D eigenvalue weighted by molar-refractivity contribution is 7.80. The van der Waals surface area contributed by atoms with E-state index in [0.717, 1.165) is 28.6 Å². The molecule has 2 unspecified atom stereocenters. The molecule has 0 bridgehead atoms. The fourth-order valence-electron chi connectivity index (χ4n) is 1.98. The van der Waals surface area contributed by atoms with Crippen molar-refractivity contribution in [2.24, 2.45) is 11.7 Å². The summed E-state index contributed by atoms with van der Waals surface area (Å²) in [5.74, 6) is 0.743. The quantitative estimate of drug-likeness (QED) is 0.788. The average Bonchev–Trinajstić information content (AvgIpc) is 2.78. The molecule has 0 amide bonds. The first-order valence-electron chi connectivity index (χ1n) is 5.53. The van der Waals surface area contributed by atoms with Crippen molar-refractivity contribution in [1.82, 2.24) is 4.98 Å². The highest BCUT2D eigenvalue weighted by atomic mass is 32.1. The van der Waals surface area contributed by atoms with Crippen molar-refractivity contribution in [1.29, 1.82) is 0 Å². The molecule has 1 aliphatic rings. The van der Waals surface area contributed by atoms with E-state index in [1.165, 1.54) is 6.42 Å². The van der Waals surface area contributed by atoms with Crippen LogP contribution in [-0.4, -0.2) is 16.0 Å². The number of nitrogens with zero attached hydrogens (tertiary/aromatic N) is 1. The van der Waals surface area contributed by atoms with Gasteiger partial charge in [-0.05, 0) is 32.3 Å². The Labute approximate surface area is 101 Å². The van der Waals surface area contributed by atoms with Crippen molar-refractivity contribution in [3.8, 4) is 0 Å². The molecule has 2 rings (SSSR count). The molecule has 1 aliphatic carbocycles. The zero-order chi connectivity index (χ0) is 11.9. The molecule has 1 saturated carbocycles. The maximum Gasteiger partial charge on any atom is 0.107 e. The van der Waals surface area contributed by atoms with Crippen LogP contribution in [0, 0.1) is 19.8 Å². The predicted molar refractivity (Wildman–Crippen MR) is 70.8 cm³/mol. The van der Waals surface area contributed by atoms with E-state index >= 15 is 0 Å². The van der Waals surface area contributed by atoms with Gasteiger partial charge in [-0.1, -0.05) is 19.1 Å². The average molecular weight is 235 g/mol. The first-order valence-corrected chi connectivity index (χ1v) is 5.94. The molecule has 1 fully saturated rings. The third-order valence-corrected chi connectivity index (χ3v) is 3.23. The Morgan fingerprint density at radius 2 is 2.19 bits per heavy atom. The minimum Gasteiger partial charge on any atom is -0.389 e. The molecule has 3 N–H and O–H groups in total. The van der Waals surface area contributed by atoms with Crippen LogP contribution >= 0.6 is 12.2 Å². The van der Waals surface area contributed by atoms with Gasteiger partial charge in [-0.3, -0.25) is 4.98 Å². The number of hydrogen-bond acceptors (Lipinski definition) is 3. The van der Waals surface area contributed by atoms with Crippen LogP contribution in [-0.2, 0) is 0 Å². The molecule has 1 aromatic rings. The van der Waals surface area contributed by atoms with Crippen LogP contribution in [0.5, 0.6) is 0 Å². The Hall–Kier alpha value is -1.16. The summed E-state index contributed by atoms with van der Waals surface area (Å²) in [5, 5.41) is 3.49. The Kier molecular flexibility index (Phi) is 2.84. The van der Waals surface area contributed by atoms with Crippen LogP contribution in [0.2, 0.25) is 0 Å². The molecule has 0 aromatic carbocycles. The molecular formula is C12H17N3S. The van der Waals surface area contributed by atoms with Gasteiger partial charge in [-0.2, -0.15) is 0 Å². The molecule has 86 valence electrons. The summed E-state index contributed by atoms with van der Waals surface area (Å²) in [5.41, 5.74) is 9.57. The van der Waals surface area contributed by atoms with Crippen LogP contribution in [0.1, 0.15) is 30.3 Å². The summed E-state index contributed by atoms with van der Waals surface area (Å²) in [6, 6.07) is 2.58. The molecule has 16 heavy (non-hydrogen) atoms. The fourth-order valence-corrected chi connectivity index (χ4v) is 2.23. The molecule has 0 aliphatic heterocycles. The van der Waals surface area contributed by atoms with Crippen LogP contribution in [0.3, 0.4) is 0 Å². The van der Waals surface area contributed by atoms with Crippen molar-refractivity contribution >= 4 is 22.9 Å². The van der Waals surface area contributed by atoms with E-state index in [4.69, 9.17) is 18.0 Å². The number of rotatable bonds is 3. The zero-order valence-electron chi connectivity index (χ0n) is 9.87. The molecule has 4 heteroatoms. The normalized spacial score (nSPS) is 22.9. The van der Waals surface area contributed by atoms with E-state index in [1.54, 1.807) is 0 Å². The van der Waals surface area contributed by atoms with Crippen molar-refractivity contribution in [2.75, 3.05) is 5.32 Å². The number of aryl methyl sites for hydroxylation is 2. The number of hydrogen-bond donors (Lipinski definition) is 2. The Bertz CT molecular complexity index is 442. The van der Waals surface area contributed by atoms with Gasteiger partial charge in [0.15, 0.2) is 0 Å². The van der Waals surface area contributed by atoms with Gasteiger partial charge in [0.2, 0.25) is 0 Å². The first kappa shape index (κ1) is 11.3. The van der Waals surface area contributed by atoms with Crippen LogP contribution < -0.4 is 11.1 Å². The summed E-state index contributed by atoms with van der Waals surface area (Å²) >= 11 is 5.08. The topological polar surface area (TPSA) is 50.9 Å². The Morgan fingerprint density at radius 3 is 2.69 bits per heavy atom. The number of anilines is 1. The molecule has 0 spiro atoms. The summed E-state index contributed by atoms with van der Waals surface area (Å²) in [4.78, 5) is 4.81. The van der Waals surface area contributed by atoms with Crippen molar-refractivity contribution in [2.45, 2.75) is 33.2 Å². The van der Waals surface area contributed by atoms with Crippen LogP contribution in [0.25, 0.3) is 0 Å². The molecular weight excluding hydrogens is 218 g/mol. The summed E-state index contributed by atoms with van der Waals surface area (Å²) in [6.45, 7) is 6.17. The fraction of sp³-hybridized carbons (Fsp3) is 0.500. The van der Waals surface area contributed by atoms with E-state index < -0.39 is 0 Å². The Morgan fingerprint density at radius 1 is 1.56 bits per heavy atom. The maximum atomic E-state index is 5.75. The van der Waals surface area contributed by atoms with E-state index in [-0.39, 0.29) is 0 Å². The second-order valence-corrected chi connectivity index (χ2v) is 5.04. The number of nitrogens with one attached hydrogen (secondary N) is 1. The van der Waals surface area contributed by atoms with Crippen LogP contribution in [0.15, 0.2) is 6.07 Å². The van der Waals surface area contributed by atoms with Crippen molar-refractivity contribution in [3.63, 3.8) is 0 Å². The van der Waals surface area contributed by atoms with E-state index in [0.29, 0.717) is 11.0 Å². The second kappa shape index (κ2) is 4.01. The van der Waals surface area contributed by atoms with Gasteiger partial charge in [-0.15, -0.1) is 0 Å². The standard InChI is InChI=1S/C12H17N3S/c1-6-4-9(6)15-10-5-7(2)14-8(3)11(10)12(13)16/h5-6,9H,4H2,1-3H3,(H2,13,16)(H,14,15). The van der Waals surface area contributed by atoms with Crippen molar-refractivity contribution in [3.05, 3.63) is 23.0 Å². The lowest BCUT2D eigenvalue weighted by Crippen LogP contribution is -2.17. The Balaban J connectivity index is 2.36. The molecule has 3 nitrogen and oxygen atoms in total. The summed E-state index contributed by atoms with van der Waals surface area (Å²) < 4.78 is 0. The molecule has 1 aromatic heterocycles. The van der Waals surface area contributed by atoms with Crippen molar-refractivity contribution < 1.29 is 0 Å². The smallest absolute Gasteiger partial charge is 0.107 e. The lowest BCUT2D eigenvalue weighted by atomic mass is 10.1. The largest absolute Gasteiger partial charge is 0.389 e. The van der Waals surface area contributed by atoms with E-state index in [2.05, 4.69) is 17.2 Å². The molecule has 1 heterocycles. The van der Waals surface area contributed by atoms with Gasteiger partial charge in [0.05, 0.1) is 5.56 Å². The van der Waals surface area contributed by atoms with Gasteiger partial charge >= 0.3 is 0 Å². The summed E-state index contributed by atoms with van der Waals surface area (Å²) in [7, 11) is 0. The molecule has 2 atom stereocenters.